The zero-order valence-corrected chi connectivity index (χ0v) is 15.2. The van der Waals surface area contributed by atoms with Crippen molar-refractivity contribution in [1.29, 1.82) is 5.26 Å². The van der Waals surface area contributed by atoms with E-state index >= 15 is 0 Å². The summed E-state index contributed by atoms with van der Waals surface area (Å²) >= 11 is 0. The van der Waals surface area contributed by atoms with Crippen LogP contribution in [-0.4, -0.2) is 36.6 Å². The number of hydrogen-bond donors (Lipinski definition) is 1. The van der Waals surface area contributed by atoms with Crippen molar-refractivity contribution in [3.05, 3.63) is 63.7 Å². The summed E-state index contributed by atoms with van der Waals surface area (Å²) in [7, 11) is 1.65. The van der Waals surface area contributed by atoms with Crippen LogP contribution in [0.25, 0.3) is 0 Å². The molecule has 1 aliphatic rings. The van der Waals surface area contributed by atoms with E-state index in [1.165, 1.54) is 30.5 Å². The molecule has 1 fully saturated rings. The number of nitro groups is 1. The number of benzene rings is 2. The van der Waals surface area contributed by atoms with Crippen LogP contribution in [0.1, 0.15) is 30.0 Å². The molecule has 1 N–H and O–H groups in total. The lowest BCUT2D eigenvalue weighted by Crippen LogP contribution is -2.31. The second-order valence-corrected chi connectivity index (χ2v) is 6.51. The van der Waals surface area contributed by atoms with Gasteiger partial charge in [-0.1, -0.05) is 12.1 Å². The topological polar surface area (TPSA) is 91.4 Å². The Kier molecular flexibility index (Phi) is 5.89. The Morgan fingerprint density at radius 3 is 2.56 bits per heavy atom. The maximum Gasteiger partial charge on any atom is 0.270 e. The Morgan fingerprint density at radius 1 is 1.26 bits per heavy atom. The van der Waals surface area contributed by atoms with Gasteiger partial charge in [0.1, 0.15) is 11.8 Å². The van der Waals surface area contributed by atoms with Gasteiger partial charge in [0.25, 0.3) is 5.69 Å². The first-order chi connectivity index (χ1) is 13.1. The third kappa shape index (κ3) is 4.36. The van der Waals surface area contributed by atoms with E-state index in [4.69, 9.17) is 4.74 Å². The molecule has 0 aromatic heterocycles. The van der Waals surface area contributed by atoms with E-state index in [1.54, 1.807) is 13.2 Å². The SMILES string of the molecule is COc1ccc(C(CNc2ccc([N+](=O)[O-])cc2C#N)N2CCCC2)cc1. The van der Waals surface area contributed by atoms with Crippen LogP contribution in [0.2, 0.25) is 0 Å². The monoisotopic (exact) mass is 366 g/mol. The fourth-order valence-corrected chi connectivity index (χ4v) is 3.44. The van der Waals surface area contributed by atoms with Gasteiger partial charge in [-0.05, 0) is 49.7 Å². The van der Waals surface area contributed by atoms with Gasteiger partial charge >= 0.3 is 0 Å². The summed E-state index contributed by atoms with van der Waals surface area (Å²) in [6.45, 7) is 2.67. The van der Waals surface area contributed by atoms with Gasteiger partial charge in [0.05, 0.1) is 29.3 Å². The summed E-state index contributed by atoms with van der Waals surface area (Å²) in [4.78, 5) is 12.8. The summed E-state index contributed by atoms with van der Waals surface area (Å²) in [5.74, 6) is 0.814. The van der Waals surface area contributed by atoms with E-state index in [1.807, 2.05) is 18.2 Å². The molecule has 0 spiro atoms. The highest BCUT2D eigenvalue weighted by molar-refractivity contribution is 5.61. The lowest BCUT2D eigenvalue weighted by molar-refractivity contribution is -0.384. The molecular weight excluding hydrogens is 344 g/mol. The molecule has 1 aliphatic heterocycles. The average molecular weight is 366 g/mol. The number of nitriles is 1. The van der Waals surface area contributed by atoms with Gasteiger partial charge in [-0.3, -0.25) is 15.0 Å². The molecule has 0 radical (unpaired) electrons. The molecule has 7 heteroatoms. The van der Waals surface area contributed by atoms with E-state index in [9.17, 15) is 15.4 Å². The number of likely N-dealkylation sites (tertiary alicyclic amines) is 1. The van der Waals surface area contributed by atoms with Crippen LogP contribution in [0.4, 0.5) is 11.4 Å². The number of anilines is 1. The molecule has 0 saturated carbocycles. The predicted molar refractivity (Wildman–Crippen MR) is 103 cm³/mol. The number of non-ortho nitro benzene ring substituents is 1. The molecule has 0 amide bonds. The molecule has 2 aromatic carbocycles. The number of rotatable bonds is 7. The Morgan fingerprint density at radius 2 is 1.96 bits per heavy atom. The molecule has 27 heavy (non-hydrogen) atoms. The predicted octanol–water partition coefficient (Wildman–Crippen LogP) is 3.72. The molecule has 0 aliphatic carbocycles. The van der Waals surface area contributed by atoms with E-state index < -0.39 is 4.92 Å². The molecule has 7 nitrogen and oxygen atoms in total. The molecule has 0 bridgehead atoms. The fraction of sp³-hybridized carbons (Fsp3) is 0.350. The van der Waals surface area contributed by atoms with Crippen molar-refractivity contribution in [1.82, 2.24) is 4.90 Å². The third-order valence-electron chi connectivity index (χ3n) is 4.90. The maximum absolute atomic E-state index is 10.9. The van der Waals surface area contributed by atoms with Gasteiger partial charge in [-0.15, -0.1) is 0 Å². The van der Waals surface area contributed by atoms with Crippen LogP contribution in [-0.2, 0) is 0 Å². The van der Waals surface area contributed by atoms with Crippen molar-refractivity contribution in [3.8, 4) is 11.8 Å². The molecule has 1 saturated heterocycles. The lowest BCUT2D eigenvalue weighted by Gasteiger charge is -2.29. The number of nitro benzene ring substituents is 1. The largest absolute Gasteiger partial charge is 0.497 e. The van der Waals surface area contributed by atoms with E-state index in [2.05, 4.69) is 22.3 Å². The Balaban J connectivity index is 1.80. The molecule has 1 heterocycles. The van der Waals surface area contributed by atoms with Gasteiger partial charge in [0, 0.05) is 18.7 Å². The summed E-state index contributed by atoms with van der Waals surface area (Å²) in [6, 6.07) is 14.5. The highest BCUT2D eigenvalue weighted by Crippen LogP contribution is 2.28. The molecule has 3 rings (SSSR count). The minimum atomic E-state index is -0.491. The van der Waals surface area contributed by atoms with Crippen molar-refractivity contribution >= 4 is 11.4 Å². The lowest BCUT2D eigenvalue weighted by atomic mass is 10.0. The minimum Gasteiger partial charge on any atom is -0.497 e. The van der Waals surface area contributed by atoms with Crippen LogP contribution < -0.4 is 10.1 Å². The van der Waals surface area contributed by atoms with Crippen LogP contribution in [0.3, 0.4) is 0 Å². The maximum atomic E-state index is 10.9. The molecular formula is C20H22N4O3. The molecule has 1 unspecified atom stereocenters. The summed E-state index contributed by atoms with van der Waals surface area (Å²) in [5.41, 5.74) is 1.98. The van der Waals surface area contributed by atoms with Gasteiger partial charge < -0.3 is 10.1 Å². The summed E-state index contributed by atoms with van der Waals surface area (Å²) in [5, 5.41) is 23.6. The van der Waals surface area contributed by atoms with Crippen molar-refractivity contribution in [2.45, 2.75) is 18.9 Å². The Labute approximate surface area is 158 Å². The van der Waals surface area contributed by atoms with E-state index in [-0.39, 0.29) is 17.3 Å². The Hall–Kier alpha value is -3.11. The second kappa shape index (κ2) is 8.52. The van der Waals surface area contributed by atoms with Crippen molar-refractivity contribution in [2.75, 3.05) is 32.1 Å². The molecule has 140 valence electrons. The first-order valence-corrected chi connectivity index (χ1v) is 8.93. The highest BCUT2D eigenvalue weighted by Gasteiger charge is 2.24. The quantitative estimate of drug-likeness (QED) is 0.593. The smallest absolute Gasteiger partial charge is 0.270 e. The van der Waals surface area contributed by atoms with E-state index in [0.29, 0.717) is 12.2 Å². The first kappa shape index (κ1) is 18.7. The number of methoxy groups -OCH3 is 1. The van der Waals surface area contributed by atoms with Gasteiger partial charge in [0.2, 0.25) is 0 Å². The van der Waals surface area contributed by atoms with Crippen molar-refractivity contribution in [3.63, 3.8) is 0 Å². The second-order valence-electron chi connectivity index (χ2n) is 6.51. The van der Waals surface area contributed by atoms with Crippen molar-refractivity contribution < 1.29 is 9.66 Å². The number of hydrogen-bond acceptors (Lipinski definition) is 6. The van der Waals surface area contributed by atoms with Crippen LogP contribution in [0.15, 0.2) is 42.5 Å². The molecule has 1 atom stereocenters. The van der Waals surface area contributed by atoms with Crippen LogP contribution in [0.5, 0.6) is 5.75 Å². The number of nitrogens with one attached hydrogen (secondary N) is 1. The zero-order valence-electron chi connectivity index (χ0n) is 15.2. The summed E-state index contributed by atoms with van der Waals surface area (Å²) < 4.78 is 5.24. The van der Waals surface area contributed by atoms with Gasteiger partial charge in [-0.2, -0.15) is 5.26 Å². The van der Waals surface area contributed by atoms with E-state index in [0.717, 1.165) is 18.8 Å². The van der Waals surface area contributed by atoms with Crippen LogP contribution in [0, 0.1) is 21.4 Å². The average Bonchev–Trinajstić information content (AvgIpc) is 3.23. The molecule has 2 aromatic rings. The fourth-order valence-electron chi connectivity index (χ4n) is 3.44. The normalized spacial score (nSPS) is 15.1. The third-order valence-corrected chi connectivity index (χ3v) is 4.90. The van der Waals surface area contributed by atoms with Crippen LogP contribution >= 0.6 is 0 Å². The van der Waals surface area contributed by atoms with Gasteiger partial charge in [-0.25, -0.2) is 0 Å². The van der Waals surface area contributed by atoms with Crippen molar-refractivity contribution in [2.24, 2.45) is 0 Å². The number of ether oxygens (including phenoxy) is 1. The van der Waals surface area contributed by atoms with Gasteiger partial charge in [0.15, 0.2) is 0 Å². The standard InChI is InChI=1S/C20H22N4O3/c1-27-18-7-4-15(5-8-18)20(23-10-2-3-11-23)14-22-19-9-6-17(24(25)26)12-16(19)13-21/h4-9,12,20,22H,2-3,10-11,14H2,1H3. The minimum absolute atomic E-state index is 0.0802. The first-order valence-electron chi connectivity index (χ1n) is 8.93. The zero-order chi connectivity index (χ0) is 19.2. The summed E-state index contributed by atoms with van der Waals surface area (Å²) in [6.07, 6.45) is 2.35. The Bertz CT molecular complexity index is 839. The number of nitrogens with zero attached hydrogens (tertiary/aromatic N) is 3. The highest BCUT2D eigenvalue weighted by atomic mass is 16.6.